The Labute approximate surface area is 160 Å². The second-order valence-electron chi connectivity index (χ2n) is 7.09. The number of aromatic nitrogens is 2. The number of anilines is 1. The Bertz CT molecular complexity index is 799. The van der Waals surface area contributed by atoms with Gasteiger partial charge in [0.15, 0.2) is 5.78 Å². The molecule has 0 bridgehead atoms. The van der Waals surface area contributed by atoms with Crippen LogP contribution in [-0.2, 0) is 11.3 Å². The molecular weight excluding hydrogens is 342 g/mol. The summed E-state index contributed by atoms with van der Waals surface area (Å²) in [6.45, 7) is 5.98. The maximum absolute atomic E-state index is 13.1. The van der Waals surface area contributed by atoms with E-state index in [0.29, 0.717) is 13.2 Å². The molecule has 2 aromatic rings. The van der Waals surface area contributed by atoms with Gasteiger partial charge in [-0.2, -0.15) is 0 Å². The van der Waals surface area contributed by atoms with Crippen LogP contribution in [0, 0.1) is 19.8 Å². The lowest BCUT2D eigenvalue weighted by atomic mass is 9.88. The molecule has 1 unspecified atom stereocenters. The highest BCUT2D eigenvalue weighted by atomic mass is 16.5. The molecule has 27 heavy (non-hydrogen) atoms. The van der Waals surface area contributed by atoms with Crippen LogP contribution in [0.4, 0.5) is 5.82 Å². The van der Waals surface area contributed by atoms with Gasteiger partial charge in [0.25, 0.3) is 0 Å². The first kappa shape index (κ1) is 19.3. The summed E-state index contributed by atoms with van der Waals surface area (Å²) < 4.78 is 10.6. The van der Waals surface area contributed by atoms with Crippen molar-refractivity contribution < 1.29 is 14.3 Å². The highest BCUT2D eigenvalue weighted by molar-refractivity contribution is 5.99. The molecule has 1 aliphatic rings. The Kier molecular flexibility index (Phi) is 6.06. The summed E-state index contributed by atoms with van der Waals surface area (Å²) >= 11 is 0. The molecule has 0 N–H and O–H groups in total. The second kappa shape index (κ2) is 8.48. The highest BCUT2D eigenvalue weighted by Crippen LogP contribution is 2.29. The molecule has 144 valence electrons. The fourth-order valence-corrected chi connectivity index (χ4v) is 3.83. The van der Waals surface area contributed by atoms with Crippen LogP contribution in [0.5, 0.6) is 5.75 Å². The van der Waals surface area contributed by atoms with Crippen LogP contribution in [0.3, 0.4) is 0 Å². The molecule has 0 saturated carbocycles. The van der Waals surface area contributed by atoms with Gasteiger partial charge < -0.3 is 14.4 Å². The van der Waals surface area contributed by atoms with Crippen LogP contribution in [0.15, 0.2) is 24.5 Å². The van der Waals surface area contributed by atoms with Crippen LogP contribution < -0.4 is 9.64 Å². The van der Waals surface area contributed by atoms with Gasteiger partial charge in [-0.25, -0.2) is 9.97 Å². The number of benzene rings is 1. The standard InChI is InChI=1S/C21H27N3O3/c1-14-8-17(9-15(2)21(14)27-4)20(25)16-6-5-7-24(11-16)19-10-18(12-26-3)22-13-23-19/h8-10,13,16H,5-7,11-12H2,1-4H3. The lowest BCUT2D eigenvalue weighted by Gasteiger charge is -2.33. The third-order valence-electron chi connectivity index (χ3n) is 5.07. The molecule has 1 atom stereocenters. The average Bonchev–Trinajstić information content (AvgIpc) is 2.68. The number of hydrogen-bond acceptors (Lipinski definition) is 6. The Balaban J connectivity index is 1.78. The predicted molar refractivity (Wildman–Crippen MR) is 104 cm³/mol. The molecule has 2 heterocycles. The van der Waals surface area contributed by atoms with Crippen LogP contribution >= 0.6 is 0 Å². The van der Waals surface area contributed by atoms with Crippen molar-refractivity contribution in [3.63, 3.8) is 0 Å². The minimum Gasteiger partial charge on any atom is -0.496 e. The zero-order valence-corrected chi connectivity index (χ0v) is 16.5. The van der Waals surface area contributed by atoms with E-state index in [9.17, 15) is 4.79 Å². The summed E-state index contributed by atoms with van der Waals surface area (Å²) in [4.78, 5) is 23.9. The summed E-state index contributed by atoms with van der Waals surface area (Å²) in [5, 5.41) is 0. The molecule has 1 aromatic heterocycles. The van der Waals surface area contributed by atoms with E-state index >= 15 is 0 Å². The Morgan fingerprint density at radius 2 is 1.93 bits per heavy atom. The van der Waals surface area contributed by atoms with Crippen molar-refractivity contribution >= 4 is 11.6 Å². The topological polar surface area (TPSA) is 64.5 Å². The van der Waals surface area contributed by atoms with Crippen molar-refractivity contribution in [2.24, 2.45) is 5.92 Å². The van der Waals surface area contributed by atoms with Crippen LogP contribution in [0.2, 0.25) is 0 Å². The molecule has 0 radical (unpaired) electrons. The molecule has 0 amide bonds. The number of nitrogens with zero attached hydrogens (tertiary/aromatic N) is 3. The number of hydrogen-bond donors (Lipinski definition) is 0. The van der Waals surface area contributed by atoms with Crippen molar-refractivity contribution in [2.75, 3.05) is 32.2 Å². The number of ketones is 1. The maximum atomic E-state index is 13.1. The van der Waals surface area contributed by atoms with E-state index in [1.807, 2.05) is 32.0 Å². The largest absolute Gasteiger partial charge is 0.496 e. The zero-order chi connectivity index (χ0) is 19.4. The van der Waals surface area contributed by atoms with E-state index in [1.54, 1.807) is 20.5 Å². The maximum Gasteiger partial charge on any atom is 0.167 e. The smallest absolute Gasteiger partial charge is 0.167 e. The van der Waals surface area contributed by atoms with Crippen molar-refractivity contribution in [1.82, 2.24) is 9.97 Å². The van der Waals surface area contributed by atoms with Crippen molar-refractivity contribution in [3.05, 3.63) is 46.9 Å². The number of Topliss-reactive ketones (excluding diaryl/α,β-unsaturated/α-hetero) is 1. The number of ether oxygens (including phenoxy) is 2. The SMILES string of the molecule is COCc1cc(N2CCCC(C(=O)c3cc(C)c(OC)c(C)c3)C2)ncn1. The molecule has 1 saturated heterocycles. The molecule has 0 aliphatic carbocycles. The van der Waals surface area contributed by atoms with Crippen molar-refractivity contribution in [3.8, 4) is 5.75 Å². The average molecular weight is 369 g/mol. The van der Waals surface area contributed by atoms with Gasteiger partial charge in [0.2, 0.25) is 0 Å². The van der Waals surface area contributed by atoms with Gasteiger partial charge in [-0.3, -0.25) is 4.79 Å². The van der Waals surface area contributed by atoms with Crippen LogP contribution in [0.25, 0.3) is 0 Å². The Morgan fingerprint density at radius 3 is 2.59 bits per heavy atom. The third-order valence-corrected chi connectivity index (χ3v) is 5.07. The van der Waals surface area contributed by atoms with Crippen LogP contribution in [0.1, 0.15) is 40.0 Å². The lowest BCUT2D eigenvalue weighted by molar-refractivity contribution is 0.0907. The van der Waals surface area contributed by atoms with Crippen molar-refractivity contribution in [1.29, 1.82) is 0 Å². The summed E-state index contributed by atoms with van der Waals surface area (Å²) in [6.07, 6.45) is 3.43. The zero-order valence-electron chi connectivity index (χ0n) is 16.5. The van der Waals surface area contributed by atoms with Crippen molar-refractivity contribution in [2.45, 2.75) is 33.3 Å². The second-order valence-corrected chi connectivity index (χ2v) is 7.09. The normalized spacial score (nSPS) is 17.0. The van der Waals surface area contributed by atoms with E-state index in [0.717, 1.165) is 53.3 Å². The van der Waals surface area contributed by atoms with E-state index in [2.05, 4.69) is 14.9 Å². The first-order valence-electron chi connectivity index (χ1n) is 9.27. The number of carbonyl (C=O) groups excluding carboxylic acids is 1. The quantitative estimate of drug-likeness (QED) is 0.728. The van der Waals surface area contributed by atoms with Gasteiger partial charge in [0.1, 0.15) is 17.9 Å². The van der Waals surface area contributed by atoms with E-state index in [4.69, 9.17) is 9.47 Å². The molecule has 3 rings (SSSR count). The highest BCUT2D eigenvalue weighted by Gasteiger charge is 2.28. The monoisotopic (exact) mass is 369 g/mol. The molecule has 1 fully saturated rings. The molecule has 6 heteroatoms. The minimum atomic E-state index is -0.0354. The van der Waals surface area contributed by atoms with E-state index in [1.165, 1.54) is 0 Å². The lowest BCUT2D eigenvalue weighted by Crippen LogP contribution is -2.39. The number of methoxy groups -OCH3 is 2. The molecular formula is C21H27N3O3. The third kappa shape index (κ3) is 4.27. The van der Waals surface area contributed by atoms with E-state index < -0.39 is 0 Å². The number of aryl methyl sites for hydroxylation is 2. The van der Waals surface area contributed by atoms with Gasteiger partial charge >= 0.3 is 0 Å². The first-order valence-corrected chi connectivity index (χ1v) is 9.27. The van der Waals surface area contributed by atoms with Gasteiger partial charge in [0.05, 0.1) is 19.4 Å². The van der Waals surface area contributed by atoms with E-state index in [-0.39, 0.29) is 11.7 Å². The number of carbonyl (C=O) groups is 1. The van der Waals surface area contributed by atoms with Gasteiger partial charge in [-0.05, 0) is 49.9 Å². The van der Waals surface area contributed by atoms with Gasteiger partial charge in [0, 0.05) is 37.7 Å². The molecule has 6 nitrogen and oxygen atoms in total. The Morgan fingerprint density at radius 1 is 1.19 bits per heavy atom. The summed E-state index contributed by atoms with van der Waals surface area (Å²) in [6, 6.07) is 5.82. The molecule has 1 aliphatic heterocycles. The van der Waals surface area contributed by atoms with Crippen LogP contribution in [-0.4, -0.2) is 43.1 Å². The Hall–Kier alpha value is -2.47. The molecule has 1 aromatic carbocycles. The minimum absolute atomic E-state index is 0.0354. The van der Waals surface area contributed by atoms with Gasteiger partial charge in [-0.1, -0.05) is 0 Å². The summed E-state index contributed by atoms with van der Waals surface area (Å²) in [5.74, 6) is 1.87. The first-order chi connectivity index (χ1) is 13.0. The van der Waals surface area contributed by atoms with Gasteiger partial charge in [-0.15, -0.1) is 0 Å². The number of piperidine rings is 1. The summed E-state index contributed by atoms with van der Waals surface area (Å²) in [5.41, 5.74) is 3.60. The number of rotatable bonds is 6. The fourth-order valence-electron chi connectivity index (χ4n) is 3.83. The fraction of sp³-hybridized carbons (Fsp3) is 0.476. The summed E-state index contributed by atoms with van der Waals surface area (Å²) in [7, 11) is 3.31. The predicted octanol–water partition coefficient (Wildman–Crippen LogP) is 3.35. The molecule has 0 spiro atoms.